The molecule has 0 aliphatic rings. The minimum absolute atomic E-state index is 0.0311. The number of ether oxygens (including phenoxy) is 3. The lowest BCUT2D eigenvalue weighted by molar-refractivity contribution is -0.154. The molecule has 3 rings (SSSR count). The molecule has 0 aliphatic carbocycles. The van der Waals surface area contributed by atoms with Crippen LogP contribution in [0.15, 0.2) is 57.9 Å². The summed E-state index contributed by atoms with van der Waals surface area (Å²) in [5.74, 6) is 0.587. The van der Waals surface area contributed by atoms with Crippen molar-refractivity contribution in [2.24, 2.45) is 0 Å². The van der Waals surface area contributed by atoms with E-state index in [2.05, 4.69) is 20.8 Å². The second kappa shape index (κ2) is 8.84. The summed E-state index contributed by atoms with van der Waals surface area (Å²) < 4.78 is 22.1. The highest BCUT2D eigenvalue weighted by Gasteiger charge is 2.19. The van der Waals surface area contributed by atoms with E-state index in [-0.39, 0.29) is 22.7 Å². The summed E-state index contributed by atoms with van der Waals surface area (Å²) in [6.07, 6.45) is 0.268. The average Bonchev–Trinajstić information content (AvgIpc) is 2.69. The first-order valence-electron chi connectivity index (χ1n) is 10.3. The smallest absolute Gasteiger partial charge is 0.347 e. The number of hydrogen-bond donors (Lipinski definition) is 0. The number of fused-ring (bicyclic) bond motifs is 1. The number of hydrogen-bond acceptors (Lipinski definition) is 6. The van der Waals surface area contributed by atoms with E-state index in [4.69, 9.17) is 18.6 Å². The monoisotopic (exact) mass is 424 g/mol. The van der Waals surface area contributed by atoms with Gasteiger partial charge in [-0.3, -0.25) is 4.79 Å². The zero-order chi connectivity index (χ0) is 22.8. The summed E-state index contributed by atoms with van der Waals surface area (Å²) >= 11 is 0. The summed E-state index contributed by atoms with van der Waals surface area (Å²) in [6, 6.07) is 12.4. The van der Waals surface area contributed by atoms with E-state index in [0.29, 0.717) is 22.5 Å². The Morgan fingerprint density at radius 2 is 1.61 bits per heavy atom. The van der Waals surface area contributed by atoms with Crippen molar-refractivity contribution in [2.45, 2.75) is 59.2 Å². The maximum atomic E-state index is 12.8. The van der Waals surface area contributed by atoms with Crippen LogP contribution in [0.2, 0.25) is 0 Å². The van der Waals surface area contributed by atoms with Crippen LogP contribution in [-0.2, 0) is 14.9 Å². The quantitative estimate of drug-likeness (QED) is 0.479. The molecule has 0 bridgehead atoms. The van der Waals surface area contributed by atoms with Crippen LogP contribution in [0.25, 0.3) is 11.0 Å². The van der Waals surface area contributed by atoms with Crippen LogP contribution in [0.4, 0.5) is 0 Å². The third-order valence-corrected chi connectivity index (χ3v) is 4.66. The predicted octanol–water partition coefficient (Wildman–Crippen LogP) is 5.60. The number of rotatable bonds is 6. The number of esters is 1. The lowest BCUT2D eigenvalue weighted by Crippen LogP contribution is -2.28. The Morgan fingerprint density at radius 3 is 2.23 bits per heavy atom. The maximum Gasteiger partial charge on any atom is 0.347 e. The van der Waals surface area contributed by atoms with Crippen molar-refractivity contribution in [2.75, 3.05) is 0 Å². The fourth-order valence-electron chi connectivity index (χ4n) is 2.97. The Morgan fingerprint density at radius 1 is 0.968 bits per heavy atom. The number of carbonyl (C=O) groups is 1. The Labute approximate surface area is 181 Å². The van der Waals surface area contributed by atoms with E-state index in [9.17, 15) is 9.59 Å². The van der Waals surface area contributed by atoms with Crippen LogP contribution >= 0.6 is 0 Å². The second-order valence-electron chi connectivity index (χ2n) is 8.71. The van der Waals surface area contributed by atoms with Gasteiger partial charge in [-0.2, -0.15) is 0 Å². The van der Waals surface area contributed by atoms with Crippen LogP contribution in [0.5, 0.6) is 17.2 Å². The van der Waals surface area contributed by atoms with E-state index in [0.717, 1.165) is 0 Å². The first-order chi connectivity index (χ1) is 14.5. The van der Waals surface area contributed by atoms with Crippen molar-refractivity contribution >= 4 is 16.9 Å². The van der Waals surface area contributed by atoms with Gasteiger partial charge in [0.05, 0.1) is 11.5 Å². The SMILES string of the molecule is CC(C)OC(=O)[C@H](C)Oc1ccc2c(=O)c(Oc3ccc(C(C)(C)C)cc3)coc2c1. The van der Waals surface area contributed by atoms with Gasteiger partial charge in [-0.05, 0) is 56.0 Å². The molecule has 0 saturated heterocycles. The van der Waals surface area contributed by atoms with Crippen LogP contribution in [0, 0.1) is 0 Å². The highest BCUT2D eigenvalue weighted by Crippen LogP contribution is 2.27. The molecule has 1 heterocycles. The van der Waals surface area contributed by atoms with Crippen molar-refractivity contribution in [1.82, 2.24) is 0 Å². The largest absolute Gasteiger partial charge is 0.479 e. The third kappa shape index (κ3) is 5.45. The van der Waals surface area contributed by atoms with Crippen molar-refractivity contribution in [1.29, 1.82) is 0 Å². The van der Waals surface area contributed by atoms with Crippen molar-refractivity contribution in [3.63, 3.8) is 0 Å². The van der Waals surface area contributed by atoms with Crippen LogP contribution < -0.4 is 14.9 Å². The number of carbonyl (C=O) groups excluding carboxylic acids is 1. The molecule has 0 fully saturated rings. The third-order valence-electron chi connectivity index (χ3n) is 4.66. The van der Waals surface area contributed by atoms with E-state index in [1.165, 1.54) is 11.8 Å². The standard InChI is InChI=1S/C25H28O6/c1-15(2)29-24(27)16(3)30-19-11-12-20-21(13-19)28-14-22(23(20)26)31-18-9-7-17(8-10-18)25(4,5)6/h7-16H,1-6H3/t16-/m0/s1. The van der Waals surface area contributed by atoms with Gasteiger partial charge in [0, 0.05) is 6.07 Å². The Kier molecular flexibility index (Phi) is 6.39. The van der Waals surface area contributed by atoms with Gasteiger partial charge >= 0.3 is 5.97 Å². The van der Waals surface area contributed by atoms with Gasteiger partial charge in [0.2, 0.25) is 11.2 Å². The highest BCUT2D eigenvalue weighted by atomic mass is 16.6. The van der Waals surface area contributed by atoms with E-state index in [1.54, 1.807) is 39.0 Å². The fourth-order valence-corrected chi connectivity index (χ4v) is 2.97. The zero-order valence-corrected chi connectivity index (χ0v) is 18.7. The molecule has 1 aromatic heterocycles. The molecule has 0 saturated carbocycles. The summed E-state index contributed by atoms with van der Waals surface area (Å²) in [4.78, 5) is 24.8. The number of benzene rings is 2. The van der Waals surface area contributed by atoms with Crippen molar-refractivity contribution < 1.29 is 23.4 Å². The van der Waals surface area contributed by atoms with Gasteiger partial charge in [0.25, 0.3) is 0 Å². The molecule has 31 heavy (non-hydrogen) atoms. The average molecular weight is 424 g/mol. The van der Waals surface area contributed by atoms with Gasteiger partial charge in [-0.15, -0.1) is 0 Å². The molecule has 0 amide bonds. The molecule has 6 heteroatoms. The Balaban J connectivity index is 1.79. The molecule has 2 aromatic carbocycles. The summed E-state index contributed by atoms with van der Waals surface area (Å²) in [5, 5.41) is 0.355. The molecule has 0 N–H and O–H groups in total. The van der Waals surface area contributed by atoms with Gasteiger partial charge < -0.3 is 18.6 Å². The van der Waals surface area contributed by atoms with Gasteiger partial charge in [0.1, 0.15) is 23.3 Å². The van der Waals surface area contributed by atoms with Gasteiger partial charge in [-0.1, -0.05) is 32.9 Å². The minimum atomic E-state index is -0.787. The molecule has 0 spiro atoms. The topological polar surface area (TPSA) is 75.0 Å². The summed E-state index contributed by atoms with van der Waals surface area (Å²) in [6.45, 7) is 11.5. The molecule has 3 aromatic rings. The maximum absolute atomic E-state index is 12.8. The van der Waals surface area contributed by atoms with Crippen LogP contribution in [0.3, 0.4) is 0 Å². The molecule has 0 aliphatic heterocycles. The van der Waals surface area contributed by atoms with Crippen molar-refractivity contribution in [3.8, 4) is 17.2 Å². The first-order valence-corrected chi connectivity index (χ1v) is 10.3. The van der Waals surface area contributed by atoms with Crippen molar-refractivity contribution in [3.05, 3.63) is 64.5 Å². The second-order valence-corrected chi connectivity index (χ2v) is 8.71. The van der Waals surface area contributed by atoms with Gasteiger partial charge in [0.15, 0.2) is 6.10 Å². The molecule has 6 nitrogen and oxygen atoms in total. The van der Waals surface area contributed by atoms with E-state index < -0.39 is 12.1 Å². The lowest BCUT2D eigenvalue weighted by Gasteiger charge is -2.19. The van der Waals surface area contributed by atoms with E-state index in [1.807, 2.05) is 24.3 Å². The normalized spacial score (nSPS) is 12.6. The Hall–Kier alpha value is -3.28. The molecular formula is C25H28O6. The molecule has 1 atom stereocenters. The summed E-state index contributed by atoms with van der Waals surface area (Å²) in [7, 11) is 0. The zero-order valence-electron chi connectivity index (χ0n) is 18.7. The van der Waals surface area contributed by atoms with E-state index >= 15 is 0 Å². The summed E-state index contributed by atoms with van der Waals surface area (Å²) in [5.41, 5.74) is 1.25. The molecule has 0 unspecified atom stereocenters. The van der Waals surface area contributed by atoms with Crippen LogP contribution in [-0.4, -0.2) is 18.2 Å². The highest BCUT2D eigenvalue weighted by molar-refractivity contribution is 5.79. The molecular weight excluding hydrogens is 396 g/mol. The van der Waals surface area contributed by atoms with Gasteiger partial charge in [-0.25, -0.2) is 4.79 Å². The van der Waals surface area contributed by atoms with Crippen LogP contribution in [0.1, 0.15) is 47.1 Å². The lowest BCUT2D eigenvalue weighted by atomic mass is 9.87. The fraction of sp³-hybridized carbons (Fsp3) is 0.360. The first kappa shape index (κ1) is 22.4. The minimum Gasteiger partial charge on any atom is -0.479 e. The molecule has 0 radical (unpaired) electrons. The Bertz CT molecular complexity index is 1120. The molecule has 164 valence electrons. The predicted molar refractivity (Wildman–Crippen MR) is 119 cm³/mol.